The second-order valence-corrected chi connectivity index (χ2v) is 6.08. The molecule has 0 aromatic carbocycles. The maximum atomic E-state index is 10.0. The highest BCUT2D eigenvalue weighted by Gasteiger charge is 2.29. The van der Waals surface area contributed by atoms with Crippen molar-refractivity contribution < 1.29 is 5.11 Å². The van der Waals surface area contributed by atoms with Crippen molar-refractivity contribution in [3.05, 3.63) is 5.82 Å². The molecule has 6 heteroatoms. The van der Waals surface area contributed by atoms with Gasteiger partial charge in [0.15, 0.2) is 5.82 Å². The van der Waals surface area contributed by atoms with Gasteiger partial charge in [0.2, 0.25) is 0 Å². The van der Waals surface area contributed by atoms with E-state index >= 15 is 0 Å². The smallest absolute Gasteiger partial charge is 0.165 e. The highest BCUT2D eigenvalue weighted by Crippen LogP contribution is 2.34. The number of aliphatic hydroxyl groups excluding tert-OH is 1. The first-order valence-electron chi connectivity index (χ1n) is 7.37. The molecule has 1 heterocycles. The normalized spacial score (nSPS) is 27.9. The molecule has 0 spiro atoms. The summed E-state index contributed by atoms with van der Waals surface area (Å²) in [6.07, 6.45) is 6.77. The molecule has 0 bridgehead atoms. The average Bonchev–Trinajstić information content (AvgIpc) is 3.13. The first kappa shape index (κ1) is 13.0. The van der Waals surface area contributed by atoms with Gasteiger partial charge in [0, 0.05) is 6.54 Å². The molecule has 0 aliphatic heterocycles. The number of aromatic nitrogens is 4. The highest BCUT2D eigenvalue weighted by molar-refractivity contribution is 4.90. The summed E-state index contributed by atoms with van der Waals surface area (Å²) in [6.45, 7) is 1.70. The van der Waals surface area contributed by atoms with Crippen molar-refractivity contribution in [2.24, 2.45) is 5.92 Å². The van der Waals surface area contributed by atoms with E-state index in [0.29, 0.717) is 12.0 Å². The van der Waals surface area contributed by atoms with Gasteiger partial charge in [-0.05, 0) is 49.1 Å². The van der Waals surface area contributed by atoms with Crippen LogP contribution in [0, 0.1) is 5.92 Å². The summed E-state index contributed by atoms with van der Waals surface area (Å²) in [5, 5.41) is 22.0. The number of hydrogen-bond acceptors (Lipinski definition) is 5. The molecule has 1 N–H and O–H groups in total. The minimum atomic E-state index is -0.129. The van der Waals surface area contributed by atoms with E-state index in [2.05, 4.69) is 27.5 Å². The van der Waals surface area contributed by atoms with Gasteiger partial charge in [0.25, 0.3) is 0 Å². The van der Waals surface area contributed by atoms with Gasteiger partial charge in [0.1, 0.15) is 0 Å². The lowest BCUT2D eigenvalue weighted by atomic mass is 9.86. The van der Waals surface area contributed by atoms with Gasteiger partial charge in [-0.2, -0.15) is 0 Å². The third kappa shape index (κ3) is 3.12. The van der Waals surface area contributed by atoms with Crippen LogP contribution in [0.15, 0.2) is 0 Å². The second-order valence-electron chi connectivity index (χ2n) is 6.08. The standard InChI is InChI=1S/C13H23N5O/c1-17(8-10-4-2-3-5-12(10)19)9-13-14-15-16-18(13)11-6-7-11/h10-12,19H,2-9H2,1H3. The lowest BCUT2D eigenvalue weighted by Crippen LogP contribution is -2.35. The van der Waals surface area contributed by atoms with Gasteiger partial charge >= 0.3 is 0 Å². The molecule has 2 unspecified atom stereocenters. The largest absolute Gasteiger partial charge is 0.393 e. The van der Waals surface area contributed by atoms with Gasteiger partial charge in [-0.25, -0.2) is 4.68 Å². The highest BCUT2D eigenvalue weighted by atomic mass is 16.3. The number of rotatable bonds is 5. The van der Waals surface area contributed by atoms with Crippen molar-refractivity contribution in [1.82, 2.24) is 25.1 Å². The predicted octanol–water partition coefficient (Wildman–Crippen LogP) is 0.991. The fraction of sp³-hybridized carbons (Fsp3) is 0.923. The van der Waals surface area contributed by atoms with Crippen LogP contribution in [-0.2, 0) is 6.54 Å². The Morgan fingerprint density at radius 1 is 1.26 bits per heavy atom. The summed E-state index contributed by atoms with van der Waals surface area (Å²) in [7, 11) is 2.09. The maximum absolute atomic E-state index is 10.0. The fourth-order valence-corrected chi connectivity index (χ4v) is 3.03. The van der Waals surface area contributed by atoms with Gasteiger partial charge < -0.3 is 5.11 Å². The third-order valence-corrected chi connectivity index (χ3v) is 4.28. The van der Waals surface area contributed by atoms with Gasteiger partial charge in [-0.15, -0.1) is 5.10 Å². The maximum Gasteiger partial charge on any atom is 0.165 e. The number of tetrazole rings is 1. The summed E-state index contributed by atoms with van der Waals surface area (Å²) in [5.74, 6) is 1.36. The lowest BCUT2D eigenvalue weighted by molar-refractivity contribution is 0.0495. The van der Waals surface area contributed by atoms with Crippen LogP contribution in [0.3, 0.4) is 0 Å². The zero-order valence-corrected chi connectivity index (χ0v) is 11.6. The molecule has 6 nitrogen and oxygen atoms in total. The van der Waals surface area contributed by atoms with E-state index in [-0.39, 0.29) is 6.10 Å². The Morgan fingerprint density at radius 2 is 2.05 bits per heavy atom. The van der Waals surface area contributed by atoms with E-state index < -0.39 is 0 Å². The number of aliphatic hydroxyl groups is 1. The Hall–Kier alpha value is -1.01. The Labute approximate surface area is 113 Å². The molecule has 0 saturated heterocycles. The minimum absolute atomic E-state index is 0.129. The molecule has 1 aromatic rings. The molecule has 2 aliphatic carbocycles. The average molecular weight is 265 g/mol. The topological polar surface area (TPSA) is 67.1 Å². The summed E-state index contributed by atoms with van der Waals surface area (Å²) in [6, 6.07) is 0.527. The molecule has 2 aliphatic rings. The molecular weight excluding hydrogens is 242 g/mol. The van der Waals surface area contributed by atoms with E-state index in [1.54, 1.807) is 0 Å². The van der Waals surface area contributed by atoms with E-state index in [1.165, 1.54) is 25.7 Å². The second kappa shape index (κ2) is 5.54. The molecule has 2 saturated carbocycles. The molecule has 106 valence electrons. The number of nitrogens with zero attached hydrogens (tertiary/aromatic N) is 5. The molecule has 1 aromatic heterocycles. The quantitative estimate of drug-likeness (QED) is 0.860. The van der Waals surface area contributed by atoms with Crippen molar-refractivity contribution in [2.75, 3.05) is 13.6 Å². The van der Waals surface area contributed by atoms with Crippen LogP contribution in [0.4, 0.5) is 0 Å². The molecular formula is C13H23N5O. The first-order valence-corrected chi connectivity index (χ1v) is 7.37. The van der Waals surface area contributed by atoms with Gasteiger partial charge in [0.05, 0.1) is 18.7 Å². The van der Waals surface area contributed by atoms with E-state index in [1.807, 2.05) is 4.68 Å². The van der Waals surface area contributed by atoms with Crippen molar-refractivity contribution in [1.29, 1.82) is 0 Å². The van der Waals surface area contributed by atoms with Gasteiger partial charge in [-0.1, -0.05) is 12.8 Å². The molecule has 0 radical (unpaired) electrons. The van der Waals surface area contributed by atoms with E-state index in [4.69, 9.17) is 0 Å². The van der Waals surface area contributed by atoms with E-state index in [0.717, 1.165) is 31.8 Å². The van der Waals surface area contributed by atoms with E-state index in [9.17, 15) is 5.11 Å². The first-order chi connectivity index (χ1) is 9.24. The summed E-state index contributed by atoms with van der Waals surface area (Å²) >= 11 is 0. The van der Waals surface area contributed by atoms with Crippen LogP contribution in [0.2, 0.25) is 0 Å². The van der Waals surface area contributed by atoms with Crippen molar-refractivity contribution >= 4 is 0 Å². The summed E-state index contributed by atoms with van der Waals surface area (Å²) < 4.78 is 1.97. The Balaban J connectivity index is 1.55. The third-order valence-electron chi connectivity index (χ3n) is 4.28. The van der Waals surface area contributed by atoms with Gasteiger partial charge in [-0.3, -0.25) is 4.90 Å². The number of hydrogen-bond donors (Lipinski definition) is 1. The van der Waals surface area contributed by atoms with Crippen LogP contribution in [0.25, 0.3) is 0 Å². The monoisotopic (exact) mass is 265 g/mol. The van der Waals surface area contributed by atoms with Crippen molar-refractivity contribution in [3.8, 4) is 0 Å². The van der Waals surface area contributed by atoms with Crippen LogP contribution in [-0.4, -0.2) is 49.9 Å². The summed E-state index contributed by atoms with van der Waals surface area (Å²) in [5.41, 5.74) is 0. The Morgan fingerprint density at radius 3 is 2.79 bits per heavy atom. The van der Waals surface area contributed by atoms with Crippen LogP contribution < -0.4 is 0 Å². The molecule has 3 rings (SSSR count). The van der Waals surface area contributed by atoms with Crippen LogP contribution in [0.1, 0.15) is 50.4 Å². The minimum Gasteiger partial charge on any atom is -0.393 e. The molecule has 2 fully saturated rings. The molecule has 2 atom stereocenters. The lowest BCUT2D eigenvalue weighted by Gasteiger charge is -2.30. The zero-order chi connectivity index (χ0) is 13.2. The summed E-state index contributed by atoms with van der Waals surface area (Å²) in [4.78, 5) is 2.24. The predicted molar refractivity (Wildman–Crippen MR) is 70.4 cm³/mol. The van der Waals surface area contributed by atoms with Crippen molar-refractivity contribution in [3.63, 3.8) is 0 Å². The molecule has 19 heavy (non-hydrogen) atoms. The van der Waals surface area contributed by atoms with Crippen LogP contribution >= 0.6 is 0 Å². The van der Waals surface area contributed by atoms with Crippen molar-refractivity contribution in [2.45, 2.75) is 57.2 Å². The SMILES string of the molecule is CN(Cc1nnnn1C1CC1)CC1CCCCC1O. The Kier molecular flexibility index (Phi) is 3.79. The molecule has 0 amide bonds. The van der Waals surface area contributed by atoms with Crippen LogP contribution in [0.5, 0.6) is 0 Å². The zero-order valence-electron chi connectivity index (χ0n) is 11.6. The Bertz CT molecular complexity index is 417. The fourth-order valence-electron chi connectivity index (χ4n) is 3.03.